The van der Waals surface area contributed by atoms with Crippen LogP contribution in [0.3, 0.4) is 0 Å². The summed E-state index contributed by atoms with van der Waals surface area (Å²) in [5, 5.41) is 9.55. The molecular formula is C10H8F4O. The van der Waals surface area contributed by atoms with Crippen molar-refractivity contribution in [2.24, 2.45) is 0 Å². The number of aliphatic hydroxyl groups is 1. The topological polar surface area (TPSA) is 20.2 Å². The normalized spacial score (nSPS) is 19.0. The Morgan fingerprint density at radius 3 is 2.20 bits per heavy atom. The Hall–Kier alpha value is -1.10. The average molecular weight is 220 g/mol. The zero-order chi connectivity index (χ0) is 11.3. The van der Waals surface area contributed by atoms with Crippen molar-refractivity contribution >= 4 is 0 Å². The van der Waals surface area contributed by atoms with E-state index in [4.69, 9.17) is 0 Å². The number of rotatable bonds is 1. The fourth-order valence-electron chi connectivity index (χ4n) is 1.46. The highest BCUT2D eigenvalue weighted by Crippen LogP contribution is 2.46. The van der Waals surface area contributed by atoms with Crippen molar-refractivity contribution < 1.29 is 22.7 Å². The smallest absolute Gasteiger partial charge is 0.385 e. The number of hydrogen-bond acceptors (Lipinski definition) is 1. The van der Waals surface area contributed by atoms with Gasteiger partial charge < -0.3 is 5.11 Å². The third-order valence-electron chi connectivity index (χ3n) is 2.52. The molecule has 0 radical (unpaired) electrons. The zero-order valence-electron chi connectivity index (χ0n) is 7.61. The van der Waals surface area contributed by atoms with E-state index < -0.39 is 23.2 Å². The summed E-state index contributed by atoms with van der Waals surface area (Å²) in [5.41, 5.74) is -2.32. The van der Waals surface area contributed by atoms with Gasteiger partial charge in [0, 0.05) is 5.56 Å². The SMILES string of the molecule is OC1(c2ccc(C(F)(F)F)cc2F)CC1. The van der Waals surface area contributed by atoms with E-state index in [1.54, 1.807) is 0 Å². The fraction of sp³-hybridized carbons (Fsp3) is 0.400. The van der Waals surface area contributed by atoms with Crippen LogP contribution >= 0.6 is 0 Å². The summed E-state index contributed by atoms with van der Waals surface area (Å²) in [6.07, 6.45) is -3.75. The number of hydrogen-bond donors (Lipinski definition) is 1. The largest absolute Gasteiger partial charge is 0.416 e. The Balaban J connectivity index is 2.40. The first-order valence-corrected chi connectivity index (χ1v) is 4.42. The molecule has 0 spiro atoms. The van der Waals surface area contributed by atoms with Crippen molar-refractivity contribution in [2.75, 3.05) is 0 Å². The van der Waals surface area contributed by atoms with Crippen molar-refractivity contribution in [1.29, 1.82) is 0 Å². The molecule has 1 aromatic rings. The lowest BCUT2D eigenvalue weighted by atomic mass is 10.0. The number of halogens is 4. The van der Waals surface area contributed by atoms with Gasteiger partial charge in [-0.2, -0.15) is 13.2 Å². The molecule has 1 aromatic carbocycles. The Kier molecular flexibility index (Phi) is 2.05. The molecule has 82 valence electrons. The van der Waals surface area contributed by atoms with Crippen LogP contribution in [0.15, 0.2) is 18.2 Å². The quantitative estimate of drug-likeness (QED) is 0.721. The third-order valence-corrected chi connectivity index (χ3v) is 2.52. The zero-order valence-corrected chi connectivity index (χ0v) is 7.61. The lowest BCUT2D eigenvalue weighted by Gasteiger charge is -2.12. The van der Waals surface area contributed by atoms with Crippen LogP contribution in [0.2, 0.25) is 0 Å². The van der Waals surface area contributed by atoms with Crippen molar-refractivity contribution in [1.82, 2.24) is 0 Å². The van der Waals surface area contributed by atoms with E-state index in [2.05, 4.69) is 0 Å². The highest BCUT2D eigenvalue weighted by Gasteiger charge is 2.44. The summed E-state index contributed by atoms with van der Waals surface area (Å²) in [6, 6.07) is 2.21. The van der Waals surface area contributed by atoms with Crippen LogP contribution in [0, 0.1) is 5.82 Å². The maximum Gasteiger partial charge on any atom is 0.416 e. The molecule has 2 rings (SSSR count). The summed E-state index contributed by atoms with van der Waals surface area (Å²) < 4.78 is 49.8. The second-order valence-corrected chi connectivity index (χ2v) is 3.72. The molecule has 1 aliphatic rings. The van der Waals surface area contributed by atoms with Crippen LogP contribution in [0.1, 0.15) is 24.0 Å². The van der Waals surface area contributed by atoms with Gasteiger partial charge in [-0.25, -0.2) is 4.39 Å². The standard InChI is InChI=1S/C10H8F4O/c11-8-5-6(10(12,13)14)1-2-7(8)9(15)3-4-9/h1-2,5,15H,3-4H2. The first-order chi connectivity index (χ1) is 6.83. The Bertz CT molecular complexity index is 393. The summed E-state index contributed by atoms with van der Waals surface area (Å²) >= 11 is 0. The maximum atomic E-state index is 13.3. The van der Waals surface area contributed by atoms with Crippen LogP contribution in [0.4, 0.5) is 17.6 Å². The third kappa shape index (κ3) is 1.84. The Morgan fingerprint density at radius 1 is 1.20 bits per heavy atom. The van der Waals surface area contributed by atoms with Crippen LogP contribution in [-0.2, 0) is 11.8 Å². The van der Waals surface area contributed by atoms with Crippen LogP contribution in [0.25, 0.3) is 0 Å². The van der Waals surface area contributed by atoms with Crippen LogP contribution in [0.5, 0.6) is 0 Å². The van der Waals surface area contributed by atoms with E-state index in [1.807, 2.05) is 0 Å². The van der Waals surface area contributed by atoms with Crippen LogP contribution < -0.4 is 0 Å². The molecule has 0 amide bonds. The average Bonchev–Trinajstić information content (AvgIpc) is 2.82. The van der Waals surface area contributed by atoms with Gasteiger partial charge in [0.05, 0.1) is 11.2 Å². The van der Waals surface area contributed by atoms with Crippen molar-refractivity contribution in [2.45, 2.75) is 24.6 Å². The van der Waals surface area contributed by atoms with Gasteiger partial charge in [0.1, 0.15) is 5.82 Å². The molecule has 0 unspecified atom stereocenters. The second kappa shape index (κ2) is 2.95. The maximum absolute atomic E-state index is 13.3. The summed E-state index contributed by atoms with van der Waals surface area (Å²) in [6.45, 7) is 0. The second-order valence-electron chi connectivity index (χ2n) is 3.72. The molecule has 1 aliphatic carbocycles. The van der Waals surface area contributed by atoms with E-state index >= 15 is 0 Å². The molecule has 1 N–H and O–H groups in total. The molecule has 0 aromatic heterocycles. The predicted octanol–water partition coefficient (Wildman–Crippen LogP) is 2.83. The van der Waals surface area contributed by atoms with Gasteiger partial charge in [-0.05, 0) is 25.0 Å². The van der Waals surface area contributed by atoms with Gasteiger partial charge in [-0.15, -0.1) is 0 Å². The summed E-state index contributed by atoms with van der Waals surface area (Å²) in [5.74, 6) is -0.996. The first-order valence-electron chi connectivity index (χ1n) is 4.42. The molecule has 0 bridgehead atoms. The van der Waals surface area contributed by atoms with Crippen molar-refractivity contribution in [3.8, 4) is 0 Å². The van der Waals surface area contributed by atoms with Gasteiger partial charge >= 0.3 is 6.18 Å². The minimum Gasteiger partial charge on any atom is -0.385 e. The van der Waals surface area contributed by atoms with Crippen molar-refractivity contribution in [3.05, 3.63) is 35.1 Å². The molecule has 0 atom stereocenters. The molecule has 1 fully saturated rings. The molecule has 1 saturated carbocycles. The predicted molar refractivity (Wildman–Crippen MR) is 44.5 cm³/mol. The molecular weight excluding hydrogens is 212 g/mol. The molecule has 5 heteroatoms. The Labute approximate surface area is 83.3 Å². The minimum absolute atomic E-state index is 0.0458. The molecule has 0 aliphatic heterocycles. The lowest BCUT2D eigenvalue weighted by molar-refractivity contribution is -0.137. The molecule has 0 saturated heterocycles. The van der Waals surface area contributed by atoms with E-state index in [9.17, 15) is 22.7 Å². The first kappa shape index (κ1) is 10.4. The van der Waals surface area contributed by atoms with Gasteiger partial charge in [0.2, 0.25) is 0 Å². The van der Waals surface area contributed by atoms with E-state index in [0.717, 1.165) is 12.1 Å². The Morgan fingerprint density at radius 2 is 1.80 bits per heavy atom. The van der Waals surface area contributed by atoms with E-state index in [-0.39, 0.29) is 5.56 Å². The lowest BCUT2D eigenvalue weighted by Crippen LogP contribution is -2.11. The molecule has 15 heavy (non-hydrogen) atoms. The highest BCUT2D eigenvalue weighted by molar-refractivity contribution is 5.33. The van der Waals surface area contributed by atoms with E-state index in [0.29, 0.717) is 18.9 Å². The van der Waals surface area contributed by atoms with Gasteiger partial charge in [-0.1, -0.05) is 6.07 Å². The van der Waals surface area contributed by atoms with Gasteiger partial charge in [-0.3, -0.25) is 0 Å². The summed E-state index contributed by atoms with van der Waals surface area (Å²) in [4.78, 5) is 0. The monoisotopic (exact) mass is 220 g/mol. The van der Waals surface area contributed by atoms with Gasteiger partial charge in [0.25, 0.3) is 0 Å². The highest BCUT2D eigenvalue weighted by atomic mass is 19.4. The van der Waals surface area contributed by atoms with E-state index in [1.165, 1.54) is 0 Å². The molecule has 1 nitrogen and oxygen atoms in total. The summed E-state index contributed by atoms with van der Waals surface area (Å²) in [7, 11) is 0. The van der Waals surface area contributed by atoms with Crippen molar-refractivity contribution in [3.63, 3.8) is 0 Å². The fourth-order valence-corrected chi connectivity index (χ4v) is 1.46. The number of benzene rings is 1. The number of alkyl halides is 3. The van der Waals surface area contributed by atoms with Crippen LogP contribution in [-0.4, -0.2) is 5.11 Å². The minimum atomic E-state index is -4.55. The van der Waals surface area contributed by atoms with Gasteiger partial charge in [0.15, 0.2) is 0 Å². The molecule has 0 heterocycles.